The fraction of sp³-hybridized carbons (Fsp3) is 0.458. The summed E-state index contributed by atoms with van der Waals surface area (Å²) in [5.74, 6) is 2.19. The van der Waals surface area contributed by atoms with E-state index in [2.05, 4.69) is 22.3 Å². The first-order valence-corrected chi connectivity index (χ1v) is 10.7. The molecule has 2 fully saturated rings. The molecule has 1 atom stereocenters. The van der Waals surface area contributed by atoms with E-state index in [1.54, 1.807) is 0 Å². The van der Waals surface area contributed by atoms with Crippen LogP contribution in [0.1, 0.15) is 44.7 Å². The minimum atomic E-state index is 0.0241. The predicted molar refractivity (Wildman–Crippen MR) is 115 cm³/mol. The third-order valence-corrected chi connectivity index (χ3v) is 5.88. The molecule has 0 aromatic heterocycles. The van der Waals surface area contributed by atoms with Gasteiger partial charge in [0.1, 0.15) is 17.6 Å². The van der Waals surface area contributed by atoms with E-state index in [0.29, 0.717) is 6.61 Å². The number of hydrogen-bond donors (Lipinski definition) is 1. The maximum Gasteiger partial charge on any atom is 0.223 e. The fourth-order valence-electron chi connectivity index (χ4n) is 3.76. The Bertz CT molecular complexity index is 809. The Hall–Kier alpha value is -2.69. The Labute approximate surface area is 173 Å². The number of ether oxygens (including phenoxy) is 2. The van der Waals surface area contributed by atoms with Crippen LogP contribution >= 0.6 is 0 Å². The normalized spacial score (nSPS) is 17.8. The molecule has 1 aliphatic carbocycles. The molecule has 1 saturated carbocycles. The van der Waals surface area contributed by atoms with Gasteiger partial charge in [0.2, 0.25) is 5.91 Å². The SMILES string of the molecule is CCOc1ccc(N2CC(Oc3ccc([C@H](C)NC(=O)C4CCC4)cc3)C2)cc1. The van der Waals surface area contributed by atoms with Gasteiger partial charge >= 0.3 is 0 Å². The number of amides is 1. The standard InChI is InChI=1S/C24H30N2O3/c1-3-28-21-13-9-20(10-14-21)26-15-23(16-26)29-22-11-7-18(8-12-22)17(2)25-24(27)19-5-4-6-19/h7-14,17,19,23H,3-6,15-16H2,1-2H3,(H,25,27)/t17-/m0/s1. The highest BCUT2D eigenvalue weighted by Gasteiger charge is 2.29. The third kappa shape index (κ3) is 4.66. The highest BCUT2D eigenvalue weighted by Crippen LogP contribution is 2.28. The van der Waals surface area contributed by atoms with Crippen molar-refractivity contribution in [3.63, 3.8) is 0 Å². The second kappa shape index (κ2) is 8.76. The second-order valence-corrected chi connectivity index (χ2v) is 8.00. The minimum absolute atomic E-state index is 0.0241. The monoisotopic (exact) mass is 394 g/mol. The smallest absolute Gasteiger partial charge is 0.223 e. The number of carbonyl (C=O) groups is 1. The summed E-state index contributed by atoms with van der Waals surface area (Å²) in [5.41, 5.74) is 2.30. The number of rotatable bonds is 8. The molecule has 2 aliphatic rings. The lowest BCUT2D eigenvalue weighted by Gasteiger charge is -2.40. The topological polar surface area (TPSA) is 50.8 Å². The maximum atomic E-state index is 12.1. The van der Waals surface area contributed by atoms with Gasteiger partial charge in [-0.15, -0.1) is 0 Å². The lowest BCUT2D eigenvalue weighted by Crippen LogP contribution is -2.54. The van der Waals surface area contributed by atoms with Crippen LogP contribution in [-0.2, 0) is 4.79 Å². The van der Waals surface area contributed by atoms with Gasteiger partial charge < -0.3 is 19.7 Å². The van der Waals surface area contributed by atoms with E-state index in [1.165, 1.54) is 12.1 Å². The number of nitrogens with zero attached hydrogens (tertiary/aromatic N) is 1. The van der Waals surface area contributed by atoms with E-state index >= 15 is 0 Å². The molecule has 5 heteroatoms. The van der Waals surface area contributed by atoms with E-state index in [4.69, 9.17) is 9.47 Å². The number of nitrogens with one attached hydrogen (secondary N) is 1. The zero-order valence-electron chi connectivity index (χ0n) is 17.3. The largest absolute Gasteiger partial charge is 0.494 e. The van der Waals surface area contributed by atoms with Crippen LogP contribution < -0.4 is 19.7 Å². The van der Waals surface area contributed by atoms with Crippen molar-refractivity contribution in [2.24, 2.45) is 5.92 Å². The molecular formula is C24H30N2O3. The molecule has 2 aromatic carbocycles. The van der Waals surface area contributed by atoms with Crippen LogP contribution in [-0.4, -0.2) is 31.7 Å². The van der Waals surface area contributed by atoms with Gasteiger partial charge in [-0.25, -0.2) is 0 Å². The lowest BCUT2D eigenvalue weighted by atomic mass is 9.84. The van der Waals surface area contributed by atoms with E-state index in [-0.39, 0.29) is 24.0 Å². The van der Waals surface area contributed by atoms with Gasteiger partial charge in [0.05, 0.1) is 25.7 Å². The van der Waals surface area contributed by atoms with Crippen LogP contribution in [0.4, 0.5) is 5.69 Å². The van der Waals surface area contributed by atoms with Gasteiger partial charge in [-0.3, -0.25) is 4.79 Å². The molecule has 154 valence electrons. The van der Waals surface area contributed by atoms with Gasteiger partial charge in [0.25, 0.3) is 0 Å². The molecule has 5 nitrogen and oxygen atoms in total. The maximum absolute atomic E-state index is 12.1. The summed E-state index contributed by atoms with van der Waals surface area (Å²) < 4.78 is 11.6. The molecule has 0 bridgehead atoms. The van der Waals surface area contributed by atoms with E-state index in [9.17, 15) is 4.79 Å². The lowest BCUT2D eigenvalue weighted by molar-refractivity contribution is -0.128. The van der Waals surface area contributed by atoms with Gasteiger partial charge in [-0.05, 0) is 68.7 Å². The summed E-state index contributed by atoms with van der Waals surface area (Å²) in [4.78, 5) is 14.4. The van der Waals surface area contributed by atoms with E-state index in [1.807, 2.05) is 50.2 Å². The van der Waals surface area contributed by atoms with Gasteiger partial charge in [-0.2, -0.15) is 0 Å². The summed E-state index contributed by atoms with van der Waals surface area (Å²) in [5, 5.41) is 3.12. The van der Waals surface area contributed by atoms with E-state index in [0.717, 1.165) is 43.0 Å². The number of anilines is 1. The summed E-state index contributed by atoms with van der Waals surface area (Å²) in [6.45, 7) is 6.47. The van der Waals surface area contributed by atoms with Crippen molar-refractivity contribution < 1.29 is 14.3 Å². The minimum Gasteiger partial charge on any atom is -0.494 e. The van der Waals surface area contributed by atoms with Crippen LogP contribution in [0, 0.1) is 5.92 Å². The summed E-state index contributed by atoms with van der Waals surface area (Å²) in [6, 6.07) is 16.3. The average Bonchev–Trinajstić information content (AvgIpc) is 2.64. The second-order valence-electron chi connectivity index (χ2n) is 8.00. The summed E-state index contributed by atoms with van der Waals surface area (Å²) >= 11 is 0. The molecule has 1 saturated heterocycles. The number of benzene rings is 2. The zero-order valence-corrected chi connectivity index (χ0v) is 17.3. The van der Waals surface area contributed by atoms with Crippen LogP contribution in [0.2, 0.25) is 0 Å². The molecular weight excluding hydrogens is 364 g/mol. The first-order valence-electron chi connectivity index (χ1n) is 10.7. The molecule has 1 N–H and O–H groups in total. The molecule has 0 spiro atoms. The summed E-state index contributed by atoms with van der Waals surface area (Å²) in [7, 11) is 0. The quantitative estimate of drug-likeness (QED) is 0.724. The molecule has 0 unspecified atom stereocenters. The van der Waals surface area contributed by atoms with Crippen LogP contribution in [0.15, 0.2) is 48.5 Å². The Morgan fingerprint density at radius 1 is 1.07 bits per heavy atom. The highest BCUT2D eigenvalue weighted by atomic mass is 16.5. The van der Waals surface area contributed by atoms with Crippen LogP contribution in [0.3, 0.4) is 0 Å². The molecule has 0 radical (unpaired) electrons. The summed E-state index contributed by atoms with van der Waals surface area (Å²) in [6.07, 6.45) is 3.43. The van der Waals surface area contributed by atoms with Crippen molar-refractivity contribution in [3.05, 3.63) is 54.1 Å². The molecule has 29 heavy (non-hydrogen) atoms. The van der Waals surface area contributed by atoms with Gasteiger partial charge in [-0.1, -0.05) is 18.6 Å². The van der Waals surface area contributed by atoms with Crippen molar-refractivity contribution >= 4 is 11.6 Å². The molecule has 1 aliphatic heterocycles. The van der Waals surface area contributed by atoms with Crippen molar-refractivity contribution in [2.45, 2.75) is 45.3 Å². The molecule has 4 rings (SSSR count). The predicted octanol–water partition coefficient (Wildman–Crippen LogP) is 4.33. The molecule has 1 amide bonds. The highest BCUT2D eigenvalue weighted by molar-refractivity contribution is 5.79. The average molecular weight is 395 g/mol. The van der Waals surface area contributed by atoms with Crippen molar-refractivity contribution in [1.82, 2.24) is 5.32 Å². The van der Waals surface area contributed by atoms with Crippen molar-refractivity contribution in [3.8, 4) is 11.5 Å². The van der Waals surface area contributed by atoms with Crippen LogP contribution in [0.25, 0.3) is 0 Å². The Balaban J connectivity index is 1.24. The van der Waals surface area contributed by atoms with E-state index < -0.39 is 0 Å². The number of hydrogen-bond acceptors (Lipinski definition) is 4. The van der Waals surface area contributed by atoms with Crippen LogP contribution in [0.5, 0.6) is 11.5 Å². The Morgan fingerprint density at radius 2 is 1.72 bits per heavy atom. The third-order valence-electron chi connectivity index (χ3n) is 5.88. The Kier molecular flexibility index (Phi) is 5.93. The first-order chi connectivity index (χ1) is 14.1. The fourth-order valence-corrected chi connectivity index (χ4v) is 3.76. The molecule has 1 heterocycles. The van der Waals surface area contributed by atoms with Crippen molar-refractivity contribution in [1.29, 1.82) is 0 Å². The van der Waals surface area contributed by atoms with Crippen molar-refractivity contribution in [2.75, 3.05) is 24.6 Å². The Morgan fingerprint density at radius 3 is 2.31 bits per heavy atom. The number of carbonyl (C=O) groups excluding carboxylic acids is 1. The first kappa shape index (κ1) is 19.6. The van der Waals surface area contributed by atoms with Gasteiger partial charge in [0.15, 0.2) is 0 Å². The van der Waals surface area contributed by atoms with Gasteiger partial charge in [0, 0.05) is 11.6 Å². The molecule has 2 aromatic rings. The zero-order chi connectivity index (χ0) is 20.2.